The van der Waals surface area contributed by atoms with Crippen LogP contribution < -0.4 is 10.1 Å². The van der Waals surface area contributed by atoms with Gasteiger partial charge in [0.2, 0.25) is 0 Å². The largest absolute Gasteiger partial charge is 0.494 e. The fourth-order valence-corrected chi connectivity index (χ4v) is 5.13. The number of hydrogen-bond acceptors (Lipinski definition) is 7. The summed E-state index contributed by atoms with van der Waals surface area (Å²) in [7, 11) is 0. The van der Waals surface area contributed by atoms with Gasteiger partial charge in [-0.3, -0.25) is 0 Å². The highest BCUT2D eigenvalue weighted by Gasteiger charge is 2.18. The normalized spacial score (nSPS) is 10.8. The molecule has 0 spiro atoms. The summed E-state index contributed by atoms with van der Waals surface area (Å²) >= 11 is 3.07. The summed E-state index contributed by atoms with van der Waals surface area (Å²) in [4.78, 5) is 23.2. The lowest BCUT2D eigenvalue weighted by Crippen LogP contribution is -2.05. The smallest absolute Gasteiger partial charge is 0.339 e. The third-order valence-electron chi connectivity index (χ3n) is 4.74. The molecule has 6 nitrogen and oxygen atoms in total. The minimum atomic E-state index is -1.03. The molecule has 4 rings (SSSR count). The number of benzene rings is 1. The predicted molar refractivity (Wildman–Crippen MR) is 131 cm³/mol. The van der Waals surface area contributed by atoms with Crippen LogP contribution in [-0.2, 0) is 6.42 Å². The van der Waals surface area contributed by atoms with Gasteiger partial charge in [0.15, 0.2) is 5.13 Å². The first kappa shape index (κ1) is 22.0. The van der Waals surface area contributed by atoms with Gasteiger partial charge in [-0.2, -0.15) is 0 Å². The summed E-state index contributed by atoms with van der Waals surface area (Å²) in [5, 5.41) is 15.5. The van der Waals surface area contributed by atoms with E-state index in [1.165, 1.54) is 11.3 Å². The molecule has 8 heteroatoms. The topological polar surface area (TPSA) is 84.3 Å². The molecule has 0 aliphatic heterocycles. The van der Waals surface area contributed by atoms with Gasteiger partial charge in [0, 0.05) is 27.1 Å². The number of hydrogen-bond donors (Lipinski definition) is 2. The number of nitrogens with zero attached hydrogens (tertiary/aromatic N) is 2. The van der Waals surface area contributed by atoms with Gasteiger partial charge in [-0.1, -0.05) is 31.5 Å². The van der Waals surface area contributed by atoms with Gasteiger partial charge in [0.1, 0.15) is 17.1 Å². The highest BCUT2D eigenvalue weighted by Crippen LogP contribution is 2.36. The Balaban J connectivity index is 1.68. The van der Waals surface area contributed by atoms with Crippen LogP contribution in [0.4, 0.5) is 10.9 Å². The van der Waals surface area contributed by atoms with Gasteiger partial charge in [-0.25, -0.2) is 14.8 Å². The van der Waals surface area contributed by atoms with E-state index in [2.05, 4.69) is 17.2 Å². The van der Waals surface area contributed by atoms with Crippen LogP contribution in [0.25, 0.3) is 21.7 Å². The number of rotatable bonds is 9. The zero-order valence-corrected chi connectivity index (χ0v) is 19.4. The maximum absolute atomic E-state index is 11.9. The van der Waals surface area contributed by atoms with Gasteiger partial charge in [-0.15, -0.1) is 22.7 Å². The molecule has 0 aliphatic rings. The third-order valence-corrected chi connectivity index (χ3v) is 6.69. The Morgan fingerprint density at radius 2 is 2.03 bits per heavy atom. The summed E-state index contributed by atoms with van der Waals surface area (Å²) in [6.45, 7) is 4.68. The second-order valence-corrected chi connectivity index (χ2v) is 9.06. The molecule has 0 saturated carbocycles. The molecule has 3 aromatic heterocycles. The van der Waals surface area contributed by atoms with Crippen molar-refractivity contribution in [3.8, 4) is 27.4 Å². The van der Waals surface area contributed by atoms with Crippen LogP contribution in [0, 0.1) is 0 Å². The van der Waals surface area contributed by atoms with Gasteiger partial charge < -0.3 is 15.2 Å². The van der Waals surface area contributed by atoms with E-state index < -0.39 is 5.97 Å². The van der Waals surface area contributed by atoms with Gasteiger partial charge in [0.25, 0.3) is 0 Å². The lowest BCUT2D eigenvalue weighted by molar-refractivity contribution is 0.0697. The van der Waals surface area contributed by atoms with E-state index >= 15 is 0 Å². The summed E-state index contributed by atoms with van der Waals surface area (Å²) < 4.78 is 5.64. The van der Waals surface area contributed by atoms with Crippen LogP contribution in [0.1, 0.15) is 35.5 Å². The van der Waals surface area contributed by atoms with E-state index in [1.807, 2.05) is 48.7 Å². The minimum absolute atomic E-state index is 0.114. The van der Waals surface area contributed by atoms with Crippen molar-refractivity contribution in [3.05, 3.63) is 64.5 Å². The SMILES string of the molecule is CCCc1sc(Nc2ncc(-c3cccs3)cc2C(=O)O)nc1-c1cccc(OCC)c1. The maximum Gasteiger partial charge on any atom is 0.339 e. The number of carboxylic acid groups (broad SMARTS) is 1. The Labute approximate surface area is 194 Å². The number of pyridine rings is 1. The van der Waals surface area contributed by atoms with Crippen molar-refractivity contribution >= 4 is 39.6 Å². The highest BCUT2D eigenvalue weighted by atomic mass is 32.1. The monoisotopic (exact) mass is 465 g/mol. The average Bonchev–Trinajstić information content (AvgIpc) is 3.45. The van der Waals surface area contributed by atoms with E-state index in [4.69, 9.17) is 9.72 Å². The van der Waals surface area contributed by atoms with Crippen LogP contribution in [0.5, 0.6) is 5.75 Å². The number of carboxylic acids is 1. The minimum Gasteiger partial charge on any atom is -0.494 e. The molecular formula is C24H23N3O3S2. The fourth-order valence-electron chi connectivity index (χ4n) is 3.33. The van der Waals surface area contributed by atoms with Crippen molar-refractivity contribution in [2.75, 3.05) is 11.9 Å². The summed E-state index contributed by atoms with van der Waals surface area (Å²) in [5.74, 6) is 0.0477. The molecule has 0 atom stereocenters. The number of thiophene rings is 1. The standard InChI is InChI=1S/C24H23N3O3S2/c1-3-7-20-21(15-8-5-9-17(12-15)30-4-2)26-24(32-20)27-22-18(23(28)29)13-16(14-25-22)19-10-6-11-31-19/h5-6,8-14H,3-4,7H2,1-2H3,(H,28,29)(H,25,26,27). The number of aromatic nitrogens is 2. The van der Waals surface area contributed by atoms with Crippen molar-refractivity contribution in [3.63, 3.8) is 0 Å². The Kier molecular flexibility index (Phi) is 6.82. The Morgan fingerprint density at radius 1 is 1.16 bits per heavy atom. The van der Waals surface area contributed by atoms with E-state index in [-0.39, 0.29) is 11.4 Å². The zero-order chi connectivity index (χ0) is 22.5. The zero-order valence-electron chi connectivity index (χ0n) is 17.8. The molecule has 1 aromatic carbocycles. The van der Waals surface area contributed by atoms with E-state index in [9.17, 15) is 9.90 Å². The maximum atomic E-state index is 11.9. The second-order valence-electron chi connectivity index (χ2n) is 7.03. The molecular weight excluding hydrogens is 442 g/mol. The second kappa shape index (κ2) is 9.93. The van der Waals surface area contributed by atoms with Crippen molar-refractivity contribution in [2.45, 2.75) is 26.7 Å². The van der Waals surface area contributed by atoms with Crippen molar-refractivity contribution in [2.24, 2.45) is 0 Å². The van der Waals surface area contributed by atoms with Gasteiger partial charge >= 0.3 is 5.97 Å². The highest BCUT2D eigenvalue weighted by molar-refractivity contribution is 7.16. The van der Waals surface area contributed by atoms with Crippen molar-refractivity contribution in [1.82, 2.24) is 9.97 Å². The number of carbonyl (C=O) groups is 1. The first-order valence-corrected chi connectivity index (χ1v) is 12.1. The Morgan fingerprint density at radius 3 is 2.75 bits per heavy atom. The molecule has 0 unspecified atom stereocenters. The van der Waals surface area contributed by atoms with Gasteiger partial charge in [-0.05, 0) is 43.0 Å². The Bertz CT molecular complexity index is 1220. The van der Waals surface area contributed by atoms with E-state index in [1.54, 1.807) is 23.6 Å². The summed E-state index contributed by atoms with van der Waals surface area (Å²) in [6.07, 6.45) is 3.55. The van der Waals surface area contributed by atoms with Crippen LogP contribution in [0.2, 0.25) is 0 Å². The molecule has 0 fully saturated rings. The predicted octanol–water partition coefficient (Wildman–Crippen LogP) is 6.73. The van der Waals surface area contributed by atoms with E-state index in [0.29, 0.717) is 11.7 Å². The Hall–Kier alpha value is -3.23. The first-order chi connectivity index (χ1) is 15.6. The number of nitrogens with one attached hydrogen (secondary N) is 1. The number of aromatic carboxylic acids is 1. The first-order valence-electron chi connectivity index (χ1n) is 10.4. The van der Waals surface area contributed by atoms with Crippen LogP contribution in [0.15, 0.2) is 54.0 Å². The van der Waals surface area contributed by atoms with Crippen LogP contribution in [0.3, 0.4) is 0 Å². The molecule has 3 heterocycles. The molecule has 0 saturated heterocycles. The lowest BCUT2D eigenvalue weighted by atomic mass is 10.1. The number of anilines is 2. The fraction of sp³-hybridized carbons (Fsp3) is 0.208. The number of thiazole rings is 1. The number of ether oxygens (including phenoxy) is 1. The molecule has 2 N–H and O–H groups in total. The third kappa shape index (κ3) is 4.81. The molecule has 0 bridgehead atoms. The molecule has 0 radical (unpaired) electrons. The van der Waals surface area contributed by atoms with E-state index in [0.717, 1.165) is 45.2 Å². The molecule has 4 aromatic rings. The molecule has 32 heavy (non-hydrogen) atoms. The number of aryl methyl sites for hydroxylation is 1. The quantitative estimate of drug-likeness (QED) is 0.285. The van der Waals surface area contributed by atoms with Crippen LogP contribution in [-0.4, -0.2) is 27.7 Å². The molecule has 164 valence electrons. The van der Waals surface area contributed by atoms with Crippen molar-refractivity contribution in [1.29, 1.82) is 0 Å². The van der Waals surface area contributed by atoms with Crippen molar-refractivity contribution < 1.29 is 14.6 Å². The molecule has 0 amide bonds. The summed E-state index contributed by atoms with van der Waals surface area (Å²) in [5.41, 5.74) is 2.75. The van der Waals surface area contributed by atoms with Crippen LogP contribution >= 0.6 is 22.7 Å². The van der Waals surface area contributed by atoms with Gasteiger partial charge in [0.05, 0.1) is 12.3 Å². The summed E-state index contributed by atoms with van der Waals surface area (Å²) in [6, 6.07) is 13.4. The lowest BCUT2D eigenvalue weighted by Gasteiger charge is -2.08. The molecule has 0 aliphatic carbocycles. The average molecular weight is 466 g/mol.